The highest BCUT2D eigenvalue weighted by Gasteiger charge is 2.41. The molecule has 0 aromatic carbocycles. The maximum Gasteiger partial charge on any atom is 0.408 e. The first kappa shape index (κ1) is 32.6. The molecular formula is C27H29F8N7O3. The van der Waals surface area contributed by atoms with Gasteiger partial charge in [-0.1, -0.05) is 0 Å². The fourth-order valence-corrected chi connectivity index (χ4v) is 5.49. The molecule has 2 fully saturated rings. The van der Waals surface area contributed by atoms with Gasteiger partial charge in [0.2, 0.25) is 11.8 Å². The quantitative estimate of drug-likeness (QED) is 0.274. The van der Waals surface area contributed by atoms with Gasteiger partial charge in [-0.3, -0.25) is 14.3 Å². The third-order valence-corrected chi connectivity index (χ3v) is 7.89. The normalized spacial score (nSPS) is 19.7. The molecule has 10 nitrogen and oxygen atoms in total. The number of imidazole rings is 1. The highest BCUT2D eigenvalue weighted by atomic mass is 19.4. The molecule has 0 aliphatic heterocycles. The molecule has 18 heteroatoms. The standard InChI is InChI=1S/C27H29F8N7O3/c28-25(29)6-3-15(4-7-25)22(39-23(44)17-5-8-41(40-17)13-27(33,34)35)18-12-42-20(37-18)9-16(11-36-42)21(14-1-2-14)38-24(45)19(43)10-26(30,31)32/h5,8-9,11-12,14-15,19,21-22,43H,1-4,6-7,10,13H2,(H,38,45)(H,39,44)/t19-,21?,22+/m1/s1. The molecule has 246 valence electrons. The predicted octanol–water partition coefficient (Wildman–Crippen LogP) is 4.67. The predicted molar refractivity (Wildman–Crippen MR) is 139 cm³/mol. The number of aliphatic hydroxyl groups is 1. The average Bonchev–Trinajstić information content (AvgIpc) is 3.51. The molecule has 0 bridgehead atoms. The van der Waals surface area contributed by atoms with E-state index in [4.69, 9.17) is 0 Å². The zero-order valence-corrected chi connectivity index (χ0v) is 23.5. The monoisotopic (exact) mass is 651 g/mol. The van der Waals surface area contributed by atoms with Gasteiger partial charge in [0.1, 0.15) is 18.3 Å². The molecule has 3 aromatic rings. The summed E-state index contributed by atoms with van der Waals surface area (Å²) in [7, 11) is 0. The van der Waals surface area contributed by atoms with Crippen molar-refractivity contribution in [2.75, 3.05) is 0 Å². The molecule has 0 spiro atoms. The Morgan fingerprint density at radius 3 is 2.29 bits per heavy atom. The Balaban J connectivity index is 1.39. The summed E-state index contributed by atoms with van der Waals surface area (Å²) in [4.78, 5) is 29.9. The van der Waals surface area contributed by atoms with Crippen LogP contribution < -0.4 is 10.6 Å². The van der Waals surface area contributed by atoms with Gasteiger partial charge < -0.3 is 15.7 Å². The first-order valence-corrected chi connectivity index (χ1v) is 14.2. The van der Waals surface area contributed by atoms with Crippen LogP contribution in [-0.4, -0.2) is 65.7 Å². The zero-order chi connectivity index (χ0) is 32.7. The van der Waals surface area contributed by atoms with Crippen LogP contribution in [0.1, 0.15) is 78.8 Å². The van der Waals surface area contributed by atoms with Crippen LogP contribution in [-0.2, 0) is 11.3 Å². The summed E-state index contributed by atoms with van der Waals surface area (Å²) in [5.74, 6) is -5.53. The van der Waals surface area contributed by atoms with Crippen LogP contribution in [0.25, 0.3) is 5.65 Å². The van der Waals surface area contributed by atoms with E-state index in [-0.39, 0.29) is 35.8 Å². The number of aliphatic hydroxyl groups excluding tert-OH is 1. The van der Waals surface area contributed by atoms with E-state index in [1.165, 1.54) is 23.0 Å². The van der Waals surface area contributed by atoms with Crippen molar-refractivity contribution in [2.45, 2.75) is 88.0 Å². The Bertz CT molecular complexity index is 1520. The SMILES string of the molecule is O=C(N[C@H](c1cn2ncc(C(NC(=O)[C@H](O)CC(F)(F)F)C3CC3)cc2n1)C1CCC(F)(F)CC1)c1ccn(CC(F)(F)F)n1. The van der Waals surface area contributed by atoms with Gasteiger partial charge >= 0.3 is 12.4 Å². The molecule has 3 atom stereocenters. The smallest absolute Gasteiger partial charge is 0.383 e. The summed E-state index contributed by atoms with van der Waals surface area (Å²) >= 11 is 0. The van der Waals surface area contributed by atoms with Gasteiger partial charge in [0.05, 0.1) is 36.6 Å². The number of hydrogen-bond acceptors (Lipinski definition) is 6. The molecule has 0 saturated heterocycles. The van der Waals surface area contributed by atoms with Gasteiger partial charge in [-0.15, -0.1) is 0 Å². The van der Waals surface area contributed by atoms with Crippen LogP contribution >= 0.6 is 0 Å². The minimum absolute atomic E-state index is 0.0169. The number of rotatable bonds is 10. The van der Waals surface area contributed by atoms with E-state index in [0.717, 1.165) is 12.3 Å². The van der Waals surface area contributed by atoms with Crippen molar-refractivity contribution in [3.63, 3.8) is 0 Å². The van der Waals surface area contributed by atoms with E-state index in [1.807, 2.05) is 0 Å². The molecule has 45 heavy (non-hydrogen) atoms. The van der Waals surface area contributed by atoms with Crippen molar-refractivity contribution in [3.05, 3.63) is 47.7 Å². The Labute approximate surface area is 250 Å². The molecule has 3 aromatic heterocycles. The van der Waals surface area contributed by atoms with Crippen LogP contribution in [0.4, 0.5) is 35.1 Å². The minimum atomic E-state index is -4.75. The lowest BCUT2D eigenvalue weighted by molar-refractivity contribution is -0.163. The van der Waals surface area contributed by atoms with Gasteiger partial charge in [0, 0.05) is 19.0 Å². The lowest BCUT2D eigenvalue weighted by Gasteiger charge is -2.33. The summed E-state index contributed by atoms with van der Waals surface area (Å²) in [6, 6.07) is 0.925. The maximum atomic E-state index is 14.0. The summed E-state index contributed by atoms with van der Waals surface area (Å²) < 4.78 is 106. The van der Waals surface area contributed by atoms with E-state index >= 15 is 0 Å². The molecule has 2 amide bonds. The average molecular weight is 652 g/mol. The lowest BCUT2D eigenvalue weighted by atomic mass is 9.81. The van der Waals surface area contributed by atoms with Crippen LogP contribution in [0.15, 0.2) is 30.7 Å². The van der Waals surface area contributed by atoms with Crippen molar-refractivity contribution in [1.82, 2.24) is 35.0 Å². The molecule has 1 unspecified atom stereocenters. The number of aromatic nitrogens is 5. The number of alkyl halides is 8. The number of amides is 2. The number of nitrogens with one attached hydrogen (secondary N) is 2. The topological polar surface area (TPSA) is 126 Å². The van der Waals surface area contributed by atoms with Crippen molar-refractivity contribution in [2.24, 2.45) is 11.8 Å². The minimum Gasteiger partial charge on any atom is -0.383 e. The number of carbonyl (C=O) groups excluding carboxylic acids is 2. The van der Waals surface area contributed by atoms with Crippen molar-refractivity contribution in [3.8, 4) is 0 Å². The van der Waals surface area contributed by atoms with E-state index in [9.17, 15) is 49.8 Å². The first-order valence-electron chi connectivity index (χ1n) is 14.2. The van der Waals surface area contributed by atoms with E-state index in [1.54, 1.807) is 0 Å². The van der Waals surface area contributed by atoms with Crippen molar-refractivity contribution < 1.29 is 49.8 Å². The molecule has 5 rings (SSSR count). The van der Waals surface area contributed by atoms with Gasteiger partial charge in [0.25, 0.3) is 5.91 Å². The Hall–Kier alpha value is -3.83. The molecule has 0 radical (unpaired) electrons. The van der Waals surface area contributed by atoms with Gasteiger partial charge in [-0.2, -0.15) is 36.5 Å². The fourth-order valence-electron chi connectivity index (χ4n) is 5.49. The van der Waals surface area contributed by atoms with Crippen LogP contribution in [0.2, 0.25) is 0 Å². The second-order valence-corrected chi connectivity index (χ2v) is 11.6. The van der Waals surface area contributed by atoms with E-state index in [2.05, 4.69) is 25.8 Å². The number of carbonyl (C=O) groups is 2. The van der Waals surface area contributed by atoms with Gasteiger partial charge in [0.15, 0.2) is 5.65 Å². The highest BCUT2D eigenvalue weighted by molar-refractivity contribution is 5.92. The third-order valence-electron chi connectivity index (χ3n) is 7.89. The molecule has 2 aliphatic carbocycles. The lowest BCUT2D eigenvalue weighted by Crippen LogP contribution is -2.40. The zero-order valence-electron chi connectivity index (χ0n) is 23.5. The van der Waals surface area contributed by atoms with Crippen LogP contribution in [0.5, 0.6) is 0 Å². The summed E-state index contributed by atoms with van der Waals surface area (Å²) in [6.07, 6.45) is -9.01. The molecule has 2 aliphatic rings. The summed E-state index contributed by atoms with van der Waals surface area (Å²) in [5, 5.41) is 22.8. The maximum absolute atomic E-state index is 14.0. The number of nitrogens with zero attached hydrogens (tertiary/aromatic N) is 5. The van der Waals surface area contributed by atoms with Crippen LogP contribution in [0.3, 0.4) is 0 Å². The number of hydrogen-bond donors (Lipinski definition) is 3. The van der Waals surface area contributed by atoms with Crippen molar-refractivity contribution in [1.29, 1.82) is 0 Å². The fraction of sp³-hybridized carbons (Fsp3) is 0.593. The third kappa shape index (κ3) is 8.46. The number of fused-ring (bicyclic) bond motifs is 1. The van der Waals surface area contributed by atoms with Crippen LogP contribution in [0, 0.1) is 11.8 Å². The molecule has 3 heterocycles. The summed E-state index contributed by atoms with van der Waals surface area (Å²) in [5.41, 5.74) is 0.534. The first-order chi connectivity index (χ1) is 21.0. The van der Waals surface area contributed by atoms with Gasteiger partial charge in [-0.25, -0.2) is 18.3 Å². The Kier molecular flexibility index (Phi) is 8.80. The molecule has 3 N–H and O–H groups in total. The molecular weight excluding hydrogens is 622 g/mol. The Morgan fingerprint density at radius 2 is 1.67 bits per heavy atom. The van der Waals surface area contributed by atoms with E-state index < -0.39 is 80.0 Å². The van der Waals surface area contributed by atoms with Crippen molar-refractivity contribution >= 4 is 17.5 Å². The van der Waals surface area contributed by atoms with E-state index in [0.29, 0.717) is 23.1 Å². The largest absolute Gasteiger partial charge is 0.408 e. The number of halogens is 8. The molecule has 2 saturated carbocycles. The Morgan fingerprint density at radius 1 is 1.00 bits per heavy atom. The second-order valence-electron chi connectivity index (χ2n) is 11.6. The van der Waals surface area contributed by atoms with Gasteiger partial charge in [-0.05, 0) is 55.2 Å². The highest BCUT2D eigenvalue weighted by Crippen LogP contribution is 2.43. The summed E-state index contributed by atoms with van der Waals surface area (Å²) in [6.45, 7) is -1.41. The second kappa shape index (κ2) is 12.2.